The van der Waals surface area contributed by atoms with E-state index >= 15 is 0 Å². The maximum absolute atomic E-state index is 6.05. The number of halogens is 1. The molecule has 1 fully saturated rings. The fraction of sp³-hybridized carbons (Fsp3) is 0.600. The summed E-state index contributed by atoms with van der Waals surface area (Å²) in [6.07, 6.45) is 5.06. The molecule has 2 nitrogen and oxygen atoms in total. The Bertz CT molecular complexity index is 361. The van der Waals surface area contributed by atoms with Gasteiger partial charge in [-0.15, -0.1) is 0 Å². The fourth-order valence-electron chi connectivity index (χ4n) is 2.60. The zero-order valence-corrected chi connectivity index (χ0v) is 11.8. The number of rotatable bonds is 5. The maximum Gasteiger partial charge on any atom is 0.0409 e. The van der Waals surface area contributed by atoms with Crippen molar-refractivity contribution in [3.8, 4) is 0 Å². The lowest BCUT2D eigenvalue weighted by Crippen LogP contribution is -2.42. The molecule has 0 bridgehead atoms. The molecule has 18 heavy (non-hydrogen) atoms. The quantitative estimate of drug-likeness (QED) is 0.852. The van der Waals surface area contributed by atoms with E-state index in [0.717, 1.165) is 18.0 Å². The number of nitrogens with one attached hydrogen (secondary N) is 2. The molecular weight excluding hydrogens is 244 g/mol. The van der Waals surface area contributed by atoms with Crippen LogP contribution in [0.2, 0.25) is 5.02 Å². The van der Waals surface area contributed by atoms with Crippen molar-refractivity contribution in [2.24, 2.45) is 0 Å². The van der Waals surface area contributed by atoms with Crippen LogP contribution in [0, 0.1) is 0 Å². The molecule has 2 rings (SSSR count). The molecular formula is C15H23ClN2. The summed E-state index contributed by atoms with van der Waals surface area (Å²) in [5.74, 6) is 0. The Balaban J connectivity index is 1.88. The van der Waals surface area contributed by atoms with E-state index in [4.69, 9.17) is 11.6 Å². The van der Waals surface area contributed by atoms with Crippen LogP contribution in [0.25, 0.3) is 0 Å². The van der Waals surface area contributed by atoms with Crippen LogP contribution in [0.1, 0.15) is 44.2 Å². The summed E-state index contributed by atoms with van der Waals surface area (Å²) >= 11 is 6.05. The molecule has 3 heteroatoms. The topological polar surface area (TPSA) is 24.1 Å². The Morgan fingerprint density at radius 2 is 2.33 bits per heavy atom. The molecule has 2 N–H and O–H groups in total. The third-order valence-corrected chi connectivity index (χ3v) is 3.92. The zero-order valence-electron chi connectivity index (χ0n) is 11.1. The molecule has 0 aromatic heterocycles. The minimum atomic E-state index is 0.410. The van der Waals surface area contributed by atoms with Gasteiger partial charge in [0.2, 0.25) is 0 Å². The molecule has 2 unspecified atom stereocenters. The molecule has 0 saturated carbocycles. The second-order valence-corrected chi connectivity index (χ2v) is 5.51. The summed E-state index contributed by atoms with van der Waals surface area (Å²) < 4.78 is 0. The molecule has 0 spiro atoms. The van der Waals surface area contributed by atoms with Gasteiger partial charge in [-0.3, -0.25) is 0 Å². The van der Waals surface area contributed by atoms with Crippen LogP contribution >= 0.6 is 11.6 Å². The molecule has 0 aliphatic carbocycles. The van der Waals surface area contributed by atoms with Gasteiger partial charge in [0.15, 0.2) is 0 Å². The van der Waals surface area contributed by atoms with Gasteiger partial charge in [0.05, 0.1) is 0 Å². The van der Waals surface area contributed by atoms with Crippen molar-refractivity contribution in [3.05, 3.63) is 34.9 Å². The Kier molecular flexibility index (Phi) is 5.48. The molecule has 1 aliphatic heterocycles. The van der Waals surface area contributed by atoms with Crippen molar-refractivity contribution in [1.29, 1.82) is 0 Å². The van der Waals surface area contributed by atoms with Crippen molar-refractivity contribution in [1.82, 2.24) is 10.6 Å². The van der Waals surface area contributed by atoms with E-state index < -0.39 is 0 Å². The second-order valence-electron chi connectivity index (χ2n) is 5.07. The monoisotopic (exact) mass is 266 g/mol. The lowest BCUT2D eigenvalue weighted by molar-refractivity contribution is 0.364. The summed E-state index contributed by atoms with van der Waals surface area (Å²) in [5.41, 5.74) is 1.29. The van der Waals surface area contributed by atoms with E-state index in [-0.39, 0.29) is 0 Å². The summed E-state index contributed by atoms with van der Waals surface area (Å²) in [4.78, 5) is 0. The lowest BCUT2D eigenvalue weighted by atomic mass is 10.0. The molecule has 1 heterocycles. The Morgan fingerprint density at radius 3 is 3.00 bits per heavy atom. The van der Waals surface area contributed by atoms with Crippen LogP contribution in [0.3, 0.4) is 0 Å². The predicted octanol–water partition coefficient (Wildman–Crippen LogP) is 3.52. The van der Waals surface area contributed by atoms with Gasteiger partial charge in [-0.2, -0.15) is 0 Å². The van der Waals surface area contributed by atoms with Crippen LogP contribution in [-0.4, -0.2) is 19.1 Å². The molecule has 100 valence electrons. The number of benzene rings is 1. The van der Waals surface area contributed by atoms with Gasteiger partial charge in [0, 0.05) is 23.7 Å². The zero-order chi connectivity index (χ0) is 12.8. The van der Waals surface area contributed by atoms with E-state index in [1.807, 2.05) is 12.1 Å². The molecule has 0 amide bonds. The highest BCUT2D eigenvalue weighted by Gasteiger charge is 2.15. The number of hydrogen-bond donors (Lipinski definition) is 2. The van der Waals surface area contributed by atoms with Gasteiger partial charge >= 0.3 is 0 Å². The predicted molar refractivity (Wildman–Crippen MR) is 78.1 cm³/mol. The summed E-state index contributed by atoms with van der Waals surface area (Å²) in [6.45, 7) is 4.43. The van der Waals surface area contributed by atoms with Gasteiger partial charge in [0.1, 0.15) is 0 Å². The molecule has 1 aromatic carbocycles. The Morgan fingerprint density at radius 1 is 1.44 bits per heavy atom. The molecule has 0 radical (unpaired) electrons. The number of piperidine rings is 1. The summed E-state index contributed by atoms with van der Waals surface area (Å²) in [5, 5.41) is 8.06. The largest absolute Gasteiger partial charge is 0.313 e. The third-order valence-electron chi connectivity index (χ3n) is 3.68. The van der Waals surface area contributed by atoms with Crippen molar-refractivity contribution in [2.45, 2.75) is 44.7 Å². The minimum Gasteiger partial charge on any atom is -0.313 e. The van der Waals surface area contributed by atoms with E-state index in [2.05, 4.69) is 29.7 Å². The molecule has 2 atom stereocenters. The van der Waals surface area contributed by atoms with Gasteiger partial charge in [-0.25, -0.2) is 0 Å². The normalized spacial score (nSPS) is 21.8. The SMILES string of the molecule is CCC(NCC1CCCCN1)c1cccc(Cl)c1. The van der Waals surface area contributed by atoms with Gasteiger partial charge in [-0.1, -0.05) is 37.1 Å². The van der Waals surface area contributed by atoms with Crippen molar-refractivity contribution in [3.63, 3.8) is 0 Å². The van der Waals surface area contributed by atoms with Crippen LogP contribution in [0.4, 0.5) is 0 Å². The highest BCUT2D eigenvalue weighted by Crippen LogP contribution is 2.20. The highest BCUT2D eigenvalue weighted by molar-refractivity contribution is 6.30. The van der Waals surface area contributed by atoms with E-state index in [9.17, 15) is 0 Å². The standard InChI is InChI=1S/C15H23ClN2/c1-2-15(12-6-5-7-13(16)10-12)18-11-14-8-3-4-9-17-14/h5-7,10,14-15,17-18H,2-4,8-9,11H2,1H3. The summed E-state index contributed by atoms with van der Waals surface area (Å²) in [6, 6.07) is 9.22. The van der Waals surface area contributed by atoms with Crippen LogP contribution < -0.4 is 10.6 Å². The van der Waals surface area contributed by atoms with Crippen molar-refractivity contribution >= 4 is 11.6 Å². The maximum atomic E-state index is 6.05. The van der Waals surface area contributed by atoms with Gasteiger partial charge in [0.25, 0.3) is 0 Å². The van der Waals surface area contributed by atoms with E-state index in [0.29, 0.717) is 12.1 Å². The van der Waals surface area contributed by atoms with Crippen LogP contribution in [0.15, 0.2) is 24.3 Å². The smallest absolute Gasteiger partial charge is 0.0409 e. The van der Waals surface area contributed by atoms with E-state index in [1.165, 1.54) is 31.4 Å². The minimum absolute atomic E-state index is 0.410. The Labute approximate surface area is 115 Å². The van der Waals surface area contributed by atoms with Crippen molar-refractivity contribution in [2.75, 3.05) is 13.1 Å². The first-order valence-corrected chi connectivity index (χ1v) is 7.39. The van der Waals surface area contributed by atoms with Crippen LogP contribution in [-0.2, 0) is 0 Å². The molecule has 1 aromatic rings. The first-order valence-electron chi connectivity index (χ1n) is 7.02. The van der Waals surface area contributed by atoms with Gasteiger partial charge in [-0.05, 0) is 43.5 Å². The van der Waals surface area contributed by atoms with E-state index in [1.54, 1.807) is 0 Å². The number of hydrogen-bond acceptors (Lipinski definition) is 2. The average Bonchev–Trinajstić information content (AvgIpc) is 2.41. The van der Waals surface area contributed by atoms with Gasteiger partial charge < -0.3 is 10.6 Å². The molecule has 1 saturated heterocycles. The average molecular weight is 267 g/mol. The first-order chi connectivity index (χ1) is 8.79. The lowest BCUT2D eigenvalue weighted by Gasteiger charge is -2.26. The Hall–Kier alpha value is -0.570. The second kappa shape index (κ2) is 7.13. The van der Waals surface area contributed by atoms with Crippen LogP contribution in [0.5, 0.6) is 0 Å². The third kappa shape index (κ3) is 3.98. The fourth-order valence-corrected chi connectivity index (χ4v) is 2.80. The summed E-state index contributed by atoms with van der Waals surface area (Å²) in [7, 11) is 0. The molecule has 1 aliphatic rings. The van der Waals surface area contributed by atoms with Crippen molar-refractivity contribution < 1.29 is 0 Å². The first kappa shape index (κ1) is 13.9. The highest BCUT2D eigenvalue weighted by atomic mass is 35.5.